The molecule has 1 heterocycles. The van der Waals surface area contributed by atoms with E-state index in [1.54, 1.807) is 24.7 Å². The Morgan fingerprint density at radius 3 is 2.44 bits per heavy atom. The lowest BCUT2D eigenvalue weighted by atomic mass is 10.1. The van der Waals surface area contributed by atoms with Crippen molar-refractivity contribution in [2.75, 3.05) is 6.54 Å². The summed E-state index contributed by atoms with van der Waals surface area (Å²) in [6.45, 7) is 2.58. The molecule has 1 atom stereocenters. The Labute approximate surface area is 214 Å². The van der Waals surface area contributed by atoms with Crippen LogP contribution in [0.15, 0.2) is 90.3 Å². The van der Waals surface area contributed by atoms with Crippen LogP contribution in [0.2, 0.25) is 0 Å². The molecular weight excluding hydrogens is 470 g/mol. The fraction of sp³-hybridized carbons (Fsp3) is 0.345. The molecule has 3 aromatic carbocycles. The second-order valence-electron chi connectivity index (χ2n) is 9.10. The number of nitrogens with zero attached hydrogens (tertiary/aromatic N) is 2. The van der Waals surface area contributed by atoms with Gasteiger partial charge in [0.2, 0.25) is 10.0 Å². The van der Waals surface area contributed by atoms with Gasteiger partial charge in [0.05, 0.1) is 17.3 Å². The number of nitrogens with one attached hydrogen (secondary N) is 1. The number of hydrogen-bond donors (Lipinski definition) is 1. The Kier molecular flexibility index (Phi) is 9.14. The maximum Gasteiger partial charge on any atom is 0.240 e. The lowest BCUT2D eigenvalue weighted by molar-refractivity contribution is 0.174. The molecule has 0 saturated heterocycles. The van der Waals surface area contributed by atoms with Gasteiger partial charge in [-0.2, -0.15) is 0 Å². The van der Waals surface area contributed by atoms with Crippen LogP contribution in [0.3, 0.4) is 0 Å². The van der Waals surface area contributed by atoms with Crippen molar-refractivity contribution in [2.24, 2.45) is 0 Å². The summed E-state index contributed by atoms with van der Waals surface area (Å²) in [5.74, 6) is 0.830. The minimum Gasteiger partial charge on any atom is -0.490 e. The van der Waals surface area contributed by atoms with Gasteiger partial charge in [0, 0.05) is 24.6 Å². The number of ether oxygens (including phenoxy) is 1. The number of benzene rings is 3. The van der Waals surface area contributed by atoms with E-state index < -0.39 is 10.0 Å². The van der Waals surface area contributed by atoms with E-state index in [9.17, 15) is 8.42 Å². The number of hydrogen-bond acceptors (Lipinski definition) is 4. The molecule has 0 aliphatic rings. The maximum absolute atomic E-state index is 12.8. The van der Waals surface area contributed by atoms with Crippen LogP contribution in [0.25, 0.3) is 16.5 Å². The zero-order valence-corrected chi connectivity index (χ0v) is 21.7. The van der Waals surface area contributed by atoms with E-state index in [-0.39, 0.29) is 6.10 Å². The van der Waals surface area contributed by atoms with Gasteiger partial charge in [0.15, 0.2) is 0 Å². The molecule has 0 amide bonds. The monoisotopic (exact) mass is 505 g/mol. The molecule has 1 unspecified atom stereocenters. The molecule has 4 rings (SSSR count). The fourth-order valence-electron chi connectivity index (χ4n) is 4.32. The van der Waals surface area contributed by atoms with Gasteiger partial charge in [-0.15, -0.1) is 0 Å². The molecule has 190 valence electrons. The number of imidazole rings is 1. The summed E-state index contributed by atoms with van der Waals surface area (Å²) in [5.41, 5.74) is 1.03. The first-order valence-electron chi connectivity index (χ1n) is 12.8. The molecular formula is C29H35N3O3S. The summed E-state index contributed by atoms with van der Waals surface area (Å²) in [6, 6.07) is 21.0. The molecule has 0 saturated carbocycles. The lowest BCUT2D eigenvalue weighted by Crippen LogP contribution is -2.26. The predicted molar refractivity (Wildman–Crippen MR) is 145 cm³/mol. The normalized spacial score (nSPS) is 12.6. The highest BCUT2D eigenvalue weighted by Crippen LogP contribution is 2.22. The van der Waals surface area contributed by atoms with Gasteiger partial charge in [-0.25, -0.2) is 18.1 Å². The lowest BCUT2D eigenvalue weighted by Gasteiger charge is -2.20. The van der Waals surface area contributed by atoms with Crippen molar-refractivity contribution in [3.05, 3.63) is 85.5 Å². The predicted octanol–water partition coefficient (Wildman–Crippen LogP) is 6.50. The van der Waals surface area contributed by atoms with Gasteiger partial charge in [-0.1, -0.05) is 56.5 Å². The minimum atomic E-state index is -3.56. The molecule has 0 spiro atoms. The highest BCUT2D eigenvalue weighted by atomic mass is 32.2. The first-order chi connectivity index (χ1) is 17.5. The van der Waals surface area contributed by atoms with Crippen molar-refractivity contribution in [1.29, 1.82) is 0 Å². The average molecular weight is 506 g/mol. The molecule has 0 radical (unpaired) electrons. The smallest absolute Gasteiger partial charge is 0.240 e. The van der Waals surface area contributed by atoms with Gasteiger partial charge >= 0.3 is 0 Å². The average Bonchev–Trinajstić information content (AvgIpc) is 3.44. The summed E-state index contributed by atoms with van der Waals surface area (Å²) in [6.07, 6.45) is 12.6. The van der Waals surface area contributed by atoms with Gasteiger partial charge in [0.25, 0.3) is 0 Å². The van der Waals surface area contributed by atoms with Crippen molar-refractivity contribution in [3.63, 3.8) is 0 Å². The van der Waals surface area contributed by atoms with Crippen LogP contribution in [0.4, 0.5) is 0 Å². The van der Waals surface area contributed by atoms with E-state index in [0.29, 0.717) is 17.9 Å². The van der Waals surface area contributed by atoms with Crippen LogP contribution in [-0.2, 0) is 10.0 Å². The molecule has 0 fully saturated rings. The SMILES string of the molecule is CCCCCCC(CCCNS(=O)(=O)c1ccc2ccccc2c1)Oc1ccc(-n2ccnc2)cc1. The van der Waals surface area contributed by atoms with Crippen LogP contribution in [0.1, 0.15) is 51.9 Å². The second kappa shape index (κ2) is 12.7. The third-order valence-corrected chi connectivity index (χ3v) is 7.81. The zero-order chi connectivity index (χ0) is 25.2. The first kappa shape index (κ1) is 25.9. The van der Waals surface area contributed by atoms with Gasteiger partial charge in [-0.05, 0) is 72.9 Å². The molecule has 4 aromatic rings. The molecule has 0 bridgehead atoms. The molecule has 1 N–H and O–H groups in total. The first-order valence-corrected chi connectivity index (χ1v) is 14.3. The summed E-state index contributed by atoms with van der Waals surface area (Å²) < 4.78 is 36.7. The Balaban J connectivity index is 1.32. The third kappa shape index (κ3) is 7.18. The van der Waals surface area contributed by atoms with Gasteiger partial charge in [0.1, 0.15) is 5.75 Å². The summed E-state index contributed by atoms with van der Waals surface area (Å²) in [5, 5.41) is 1.94. The molecule has 0 aliphatic heterocycles. The Bertz CT molecular complexity index is 1320. The Morgan fingerprint density at radius 1 is 0.917 bits per heavy atom. The Hall–Kier alpha value is -3.16. The molecule has 1 aromatic heterocycles. The molecule has 7 heteroatoms. The highest BCUT2D eigenvalue weighted by Gasteiger charge is 2.16. The molecule has 36 heavy (non-hydrogen) atoms. The number of unbranched alkanes of at least 4 members (excludes halogenated alkanes) is 3. The van der Waals surface area contributed by atoms with Crippen molar-refractivity contribution >= 4 is 20.8 Å². The number of aromatic nitrogens is 2. The highest BCUT2D eigenvalue weighted by molar-refractivity contribution is 7.89. The van der Waals surface area contributed by atoms with E-state index in [1.807, 2.05) is 65.4 Å². The van der Waals surface area contributed by atoms with Crippen LogP contribution in [-0.4, -0.2) is 30.6 Å². The standard InChI is InChI=1S/C29H35N3O3S/c1-2-3-4-5-11-27(35-28-16-14-26(15-17-28)32-21-20-30-23-32)12-8-19-31-36(33,34)29-18-13-24-9-6-7-10-25(24)22-29/h6-7,9-10,13-18,20-23,27,31H,2-5,8,11-12,19H2,1H3. The van der Waals surface area contributed by atoms with Gasteiger partial charge in [-0.3, -0.25) is 0 Å². The fourth-order valence-corrected chi connectivity index (χ4v) is 5.43. The van der Waals surface area contributed by atoms with Crippen molar-refractivity contribution in [2.45, 2.75) is 62.9 Å². The van der Waals surface area contributed by atoms with Crippen LogP contribution in [0.5, 0.6) is 5.75 Å². The van der Waals surface area contributed by atoms with Gasteiger partial charge < -0.3 is 9.30 Å². The summed E-state index contributed by atoms with van der Waals surface area (Å²) in [4.78, 5) is 4.39. The van der Waals surface area contributed by atoms with E-state index in [4.69, 9.17) is 4.74 Å². The summed E-state index contributed by atoms with van der Waals surface area (Å²) >= 11 is 0. The minimum absolute atomic E-state index is 0.0473. The van der Waals surface area contributed by atoms with E-state index >= 15 is 0 Å². The van der Waals surface area contributed by atoms with E-state index in [1.165, 1.54) is 19.3 Å². The number of fused-ring (bicyclic) bond motifs is 1. The largest absolute Gasteiger partial charge is 0.490 e. The Morgan fingerprint density at radius 2 is 1.69 bits per heavy atom. The summed E-state index contributed by atoms with van der Waals surface area (Å²) in [7, 11) is -3.56. The van der Waals surface area contributed by atoms with Crippen LogP contribution >= 0.6 is 0 Å². The second-order valence-corrected chi connectivity index (χ2v) is 10.9. The maximum atomic E-state index is 12.8. The molecule has 6 nitrogen and oxygen atoms in total. The molecule has 0 aliphatic carbocycles. The topological polar surface area (TPSA) is 73.2 Å². The number of sulfonamides is 1. The quantitative estimate of drug-likeness (QED) is 0.199. The van der Waals surface area contributed by atoms with Crippen molar-refractivity contribution in [1.82, 2.24) is 14.3 Å². The van der Waals surface area contributed by atoms with Crippen molar-refractivity contribution in [3.8, 4) is 11.4 Å². The third-order valence-electron chi connectivity index (χ3n) is 6.35. The van der Waals surface area contributed by atoms with E-state index in [2.05, 4.69) is 16.6 Å². The van der Waals surface area contributed by atoms with Crippen LogP contribution < -0.4 is 9.46 Å². The van der Waals surface area contributed by atoms with Crippen LogP contribution in [0, 0.1) is 0 Å². The zero-order valence-electron chi connectivity index (χ0n) is 20.8. The number of rotatable bonds is 14. The van der Waals surface area contributed by atoms with E-state index in [0.717, 1.165) is 41.5 Å². The van der Waals surface area contributed by atoms with Crippen molar-refractivity contribution < 1.29 is 13.2 Å².